The lowest BCUT2D eigenvalue weighted by Gasteiger charge is -2.14. The summed E-state index contributed by atoms with van der Waals surface area (Å²) in [4.78, 5) is 15.9. The van der Waals surface area contributed by atoms with E-state index in [1.807, 2.05) is 26.0 Å². The first-order valence-corrected chi connectivity index (χ1v) is 6.05. The van der Waals surface area contributed by atoms with Gasteiger partial charge in [-0.3, -0.25) is 9.78 Å². The maximum Gasteiger partial charge on any atom is 0.236 e. The minimum Gasteiger partial charge on any atom is -0.383 e. The maximum absolute atomic E-state index is 11.7. The molecule has 5 heteroatoms. The molecular formula is C13H21N3O2. The number of carbonyl (C=O) groups is 1. The van der Waals surface area contributed by atoms with Crippen molar-refractivity contribution in [3.63, 3.8) is 0 Å². The van der Waals surface area contributed by atoms with Crippen molar-refractivity contribution in [1.82, 2.24) is 15.6 Å². The second kappa shape index (κ2) is 7.79. The molecule has 1 atom stereocenters. The molecule has 0 aliphatic rings. The van der Waals surface area contributed by atoms with Gasteiger partial charge in [-0.1, -0.05) is 6.07 Å². The molecule has 1 amide bonds. The molecule has 1 heterocycles. The van der Waals surface area contributed by atoms with Crippen LogP contribution in [0.1, 0.15) is 18.2 Å². The van der Waals surface area contributed by atoms with E-state index >= 15 is 0 Å². The van der Waals surface area contributed by atoms with Gasteiger partial charge in [0.05, 0.1) is 18.3 Å². The molecular weight excluding hydrogens is 230 g/mol. The maximum atomic E-state index is 11.7. The summed E-state index contributed by atoms with van der Waals surface area (Å²) in [5.74, 6) is -0.0272. The molecule has 0 saturated heterocycles. The SMILES string of the molecule is COCCNC(=O)C(C)NCc1ncccc1C. The van der Waals surface area contributed by atoms with E-state index in [0.29, 0.717) is 19.7 Å². The number of nitrogens with zero attached hydrogens (tertiary/aromatic N) is 1. The van der Waals surface area contributed by atoms with Crippen LogP contribution in [0.3, 0.4) is 0 Å². The summed E-state index contributed by atoms with van der Waals surface area (Å²) in [6.07, 6.45) is 1.76. The fraction of sp³-hybridized carbons (Fsp3) is 0.538. The predicted molar refractivity (Wildman–Crippen MR) is 70.2 cm³/mol. The zero-order valence-corrected chi connectivity index (χ0v) is 11.2. The minimum absolute atomic E-state index is 0.0272. The van der Waals surface area contributed by atoms with E-state index < -0.39 is 0 Å². The van der Waals surface area contributed by atoms with Crippen LogP contribution in [0.5, 0.6) is 0 Å². The smallest absolute Gasteiger partial charge is 0.236 e. The van der Waals surface area contributed by atoms with Crippen LogP contribution in [0, 0.1) is 6.92 Å². The molecule has 1 aromatic rings. The number of amides is 1. The van der Waals surface area contributed by atoms with Crippen LogP contribution >= 0.6 is 0 Å². The van der Waals surface area contributed by atoms with E-state index in [1.165, 1.54) is 0 Å². The fourth-order valence-electron chi connectivity index (χ4n) is 1.48. The van der Waals surface area contributed by atoms with E-state index in [2.05, 4.69) is 15.6 Å². The zero-order valence-electron chi connectivity index (χ0n) is 11.2. The largest absolute Gasteiger partial charge is 0.383 e. The van der Waals surface area contributed by atoms with Gasteiger partial charge in [-0.05, 0) is 25.5 Å². The van der Waals surface area contributed by atoms with Crippen LogP contribution < -0.4 is 10.6 Å². The number of methoxy groups -OCH3 is 1. The normalized spacial score (nSPS) is 12.2. The summed E-state index contributed by atoms with van der Waals surface area (Å²) in [7, 11) is 1.61. The molecule has 0 saturated carbocycles. The molecule has 100 valence electrons. The van der Waals surface area contributed by atoms with Gasteiger partial charge in [0, 0.05) is 26.4 Å². The van der Waals surface area contributed by atoms with E-state index in [-0.39, 0.29) is 11.9 Å². The highest BCUT2D eigenvalue weighted by atomic mass is 16.5. The first-order valence-electron chi connectivity index (χ1n) is 6.05. The number of aryl methyl sites for hydroxylation is 1. The number of hydrogen-bond acceptors (Lipinski definition) is 4. The number of carbonyl (C=O) groups excluding carboxylic acids is 1. The van der Waals surface area contributed by atoms with Gasteiger partial charge in [0.15, 0.2) is 0 Å². The van der Waals surface area contributed by atoms with E-state index in [9.17, 15) is 4.79 Å². The van der Waals surface area contributed by atoms with Crippen LogP contribution in [-0.4, -0.2) is 37.2 Å². The van der Waals surface area contributed by atoms with Gasteiger partial charge in [0.25, 0.3) is 0 Å². The Morgan fingerprint density at radius 2 is 2.33 bits per heavy atom. The molecule has 0 aromatic carbocycles. The molecule has 0 aliphatic carbocycles. The van der Waals surface area contributed by atoms with Gasteiger partial charge in [0.1, 0.15) is 0 Å². The molecule has 1 aromatic heterocycles. The third-order valence-corrected chi connectivity index (χ3v) is 2.69. The zero-order chi connectivity index (χ0) is 13.4. The standard InChI is InChI=1S/C13H21N3O2/c1-10-5-4-6-14-12(10)9-16-11(2)13(17)15-7-8-18-3/h4-6,11,16H,7-9H2,1-3H3,(H,15,17). The average molecular weight is 251 g/mol. The molecule has 1 rings (SSSR count). The number of nitrogens with one attached hydrogen (secondary N) is 2. The molecule has 1 unspecified atom stereocenters. The molecule has 0 bridgehead atoms. The molecule has 5 nitrogen and oxygen atoms in total. The van der Waals surface area contributed by atoms with Gasteiger partial charge < -0.3 is 15.4 Å². The Morgan fingerprint density at radius 1 is 1.56 bits per heavy atom. The van der Waals surface area contributed by atoms with Crippen molar-refractivity contribution in [1.29, 1.82) is 0 Å². The van der Waals surface area contributed by atoms with E-state index in [4.69, 9.17) is 4.74 Å². The monoisotopic (exact) mass is 251 g/mol. The average Bonchev–Trinajstić information content (AvgIpc) is 2.37. The minimum atomic E-state index is -0.247. The van der Waals surface area contributed by atoms with Gasteiger partial charge >= 0.3 is 0 Å². The topological polar surface area (TPSA) is 63.2 Å². The Labute approximate surface area is 108 Å². The number of ether oxygens (including phenoxy) is 1. The Morgan fingerprint density at radius 3 is 3.00 bits per heavy atom. The number of pyridine rings is 1. The van der Waals surface area contributed by atoms with E-state index in [1.54, 1.807) is 13.3 Å². The summed E-state index contributed by atoms with van der Waals surface area (Å²) in [5.41, 5.74) is 2.09. The predicted octanol–water partition coefficient (Wildman–Crippen LogP) is 0.631. The second-order valence-corrected chi connectivity index (χ2v) is 4.15. The van der Waals surface area contributed by atoms with Crippen LogP contribution in [-0.2, 0) is 16.1 Å². The van der Waals surface area contributed by atoms with Gasteiger partial charge in [-0.2, -0.15) is 0 Å². The molecule has 0 fully saturated rings. The lowest BCUT2D eigenvalue weighted by atomic mass is 10.2. The fourth-order valence-corrected chi connectivity index (χ4v) is 1.48. The summed E-state index contributed by atoms with van der Waals surface area (Å²) < 4.78 is 4.87. The molecule has 0 radical (unpaired) electrons. The molecule has 18 heavy (non-hydrogen) atoms. The third-order valence-electron chi connectivity index (χ3n) is 2.69. The first kappa shape index (κ1) is 14.6. The Balaban J connectivity index is 2.34. The highest BCUT2D eigenvalue weighted by Crippen LogP contribution is 2.02. The lowest BCUT2D eigenvalue weighted by molar-refractivity contribution is -0.123. The summed E-state index contributed by atoms with van der Waals surface area (Å²) >= 11 is 0. The van der Waals surface area contributed by atoms with E-state index in [0.717, 1.165) is 11.3 Å². The van der Waals surface area contributed by atoms with Gasteiger partial charge in [-0.15, -0.1) is 0 Å². The third kappa shape index (κ3) is 4.81. The number of aromatic nitrogens is 1. The lowest BCUT2D eigenvalue weighted by Crippen LogP contribution is -2.43. The highest BCUT2D eigenvalue weighted by molar-refractivity contribution is 5.81. The van der Waals surface area contributed by atoms with Crippen LogP contribution in [0.25, 0.3) is 0 Å². The van der Waals surface area contributed by atoms with Crippen molar-refractivity contribution in [3.05, 3.63) is 29.6 Å². The second-order valence-electron chi connectivity index (χ2n) is 4.15. The first-order chi connectivity index (χ1) is 8.65. The van der Waals surface area contributed by atoms with Crippen molar-refractivity contribution >= 4 is 5.91 Å². The Bertz CT molecular complexity index is 382. The quantitative estimate of drug-likeness (QED) is 0.698. The van der Waals surface area contributed by atoms with Crippen molar-refractivity contribution in [2.75, 3.05) is 20.3 Å². The summed E-state index contributed by atoms with van der Waals surface area (Å²) in [6, 6.07) is 3.66. The molecule has 0 spiro atoms. The van der Waals surface area contributed by atoms with Crippen molar-refractivity contribution in [3.8, 4) is 0 Å². The summed E-state index contributed by atoms with van der Waals surface area (Å²) in [6.45, 7) is 5.49. The van der Waals surface area contributed by atoms with Crippen molar-refractivity contribution < 1.29 is 9.53 Å². The summed E-state index contributed by atoms with van der Waals surface area (Å²) in [5, 5.41) is 5.94. The van der Waals surface area contributed by atoms with Gasteiger partial charge in [0.2, 0.25) is 5.91 Å². The van der Waals surface area contributed by atoms with Crippen LogP contribution in [0.2, 0.25) is 0 Å². The highest BCUT2D eigenvalue weighted by Gasteiger charge is 2.11. The Kier molecular flexibility index (Phi) is 6.32. The van der Waals surface area contributed by atoms with Crippen LogP contribution in [0.4, 0.5) is 0 Å². The van der Waals surface area contributed by atoms with Crippen molar-refractivity contribution in [2.24, 2.45) is 0 Å². The van der Waals surface area contributed by atoms with Crippen LogP contribution in [0.15, 0.2) is 18.3 Å². The molecule has 2 N–H and O–H groups in total. The number of rotatable bonds is 7. The number of hydrogen-bond donors (Lipinski definition) is 2. The molecule has 0 aliphatic heterocycles. The Hall–Kier alpha value is -1.46. The van der Waals surface area contributed by atoms with Crippen molar-refractivity contribution in [2.45, 2.75) is 26.4 Å². The van der Waals surface area contributed by atoms with Gasteiger partial charge in [-0.25, -0.2) is 0 Å².